The van der Waals surface area contributed by atoms with Crippen LogP contribution in [0, 0.1) is 5.92 Å². The van der Waals surface area contributed by atoms with Crippen LogP contribution in [0.15, 0.2) is 35.9 Å². The minimum Gasteiger partial charge on any atom is -0.486 e. The third-order valence-corrected chi connectivity index (χ3v) is 8.56. The van der Waals surface area contributed by atoms with Gasteiger partial charge in [0.2, 0.25) is 11.8 Å². The summed E-state index contributed by atoms with van der Waals surface area (Å²) in [6.45, 7) is 4.06. The molecule has 2 amide bonds. The number of carbonyl (C=O) groups is 2. The lowest BCUT2D eigenvalue weighted by Crippen LogP contribution is -2.57. The van der Waals surface area contributed by atoms with Crippen LogP contribution in [0.25, 0.3) is 0 Å². The topological polar surface area (TPSA) is 112 Å². The van der Waals surface area contributed by atoms with Crippen molar-refractivity contribution >= 4 is 11.8 Å². The fraction of sp³-hybridized carbons (Fsp3) is 0.655. The molecule has 2 aliphatic heterocycles. The van der Waals surface area contributed by atoms with Gasteiger partial charge in [-0.2, -0.15) is 0 Å². The predicted octanol–water partition coefficient (Wildman–Crippen LogP) is 1.44. The van der Waals surface area contributed by atoms with Crippen molar-refractivity contribution in [1.29, 1.82) is 0 Å². The summed E-state index contributed by atoms with van der Waals surface area (Å²) < 4.78 is 11.7. The Hall–Kier alpha value is -2.46. The van der Waals surface area contributed by atoms with Gasteiger partial charge in [-0.05, 0) is 24.5 Å². The highest BCUT2D eigenvalue weighted by atomic mass is 16.5. The number of nitrogens with one attached hydrogen (secondary N) is 1. The molecule has 0 aromatic heterocycles. The third-order valence-electron chi connectivity index (χ3n) is 8.56. The molecule has 0 spiro atoms. The van der Waals surface area contributed by atoms with E-state index in [-0.39, 0.29) is 25.0 Å². The number of morpholine rings is 1. The number of ether oxygens (including phenoxy) is 2. The molecule has 1 aromatic carbocycles. The number of hydrogen-bond acceptors (Lipinski definition) is 7. The van der Waals surface area contributed by atoms with E-state index in [4.69, 9.17) is 9.47 Å². The summed E-state index contributed by atoms with van der Waals surface area (Å²) in [6.07, 6.45) is 6.23. The minimum absolute atomic E-state index is 0.00883. The summed E-state index contributed by atoms with van der Waals surface area (Å²) in [6, 6.07) is 6.85. The lowest BCUT2D eigenvalue weighted by Gasteiger charge is -2.41. The van der Waals surface area contributed by atoms with E-state index < -0.39 is 24.2 Å². The molecule has 1 saturated heterocycles. The molecular formula is C29H41N3O6. The lowest BCUT2D eigenvalue weighted by molar-refractivity contribution is -0.138. The summed E-state index contributed by atoms with van der Waals surface area (Å²) in [7, 11) is 0. The van der Waals surface area contributed by atoms with Crippen molar-refractivity contribution in [3.8, 4) is 5.75 Å². The highest BCUT2D eigenvalue weighted by molar-refractivity contribution is 5.96. The highest BCUT2D eigenvalue weighted by Crippen LogP contribution is 2.47. The van der Waals surface area contributed by atoms with Crippen molar-refractivity contribution in [2.45, 2.75) is 62.7 Å². The molecule has 2 fully saturated rings. The van der Waals surface area contributed by atoms with Crippen LogP contribution in [-0.2, 0) is 14.3 Å². The molecule has 1 saturated carbocycles. The van der Waals surface area contributed by atoms with E-state index in [1.54, 1.807) is 11.0 Å². The van der Waals surface area contributed by atoms with E-state index in [9.17, 15) is 19.8 Å². The zero-order valence-corrected chi connectivity index (χ0v) is 22.1. The molecule has 9 nitrogen and oxygen atoms in total. The zero-order chi connectivity index (χ0) is 26.5. The molecule has 9 heteroatoms. The molecule has 0 bridgehead atoms. The van der Waals surface area contributed by atoms with E-state index >= 15 is 0 Å². The van der Waals surface area contributed by atoms with Gasteiger partial charge in [0, 0.05) is 50.3 Å². The summed E-state index contributed by atoms with van der Waals surface area (Å²) in [5.74, 6) is 0.498. The zero-order valence-electron chi connectivity index (χ0n) is 22.1. The number of para-hydroxylation sites is 1. The second kappa shape index (κ2) is 12.6. The van der Waals surface area contributed by atoms with Crippen molar-refractivity contribution in [2.24, 2.45) is 5.92 Å². The number of rotatable bonds is 10. The van der Waals surface area contributed by atoms with Crippen LogP contribution in [-0.4, -0.2) is 103 Å². The molecule has 38 heavy (non-hydrogen) atoms. The van der Waals surface area contributed by atoms with Crippen molar-refractivity contribution < 1.29 is 29.3 Å². The van der Waals surface area contributed by atoms with Crippen LogP contribution in [0.4, 0.5) is 0 Å². The van der Waals surface area contributed by atoms with Gasteiger partial charge in [-0.3, -0.25) is 14.5 Å². The molecule has 4 aliphatic rings. The standard InChI is InChI=1S/C29H41N3O6/c33-16-11-30-29(36)22-19-23(27(35)28-26(22)21-7-3-4-8-24(21)38-28)32(13-12-31-14-17-37-18-15-31)25(34)10-9-20-5-1-2-6-20/h3-4,7-8,19-20,23,26-28,33,35H,1-2,5-6,9-18H2,(H,30,36). The quantitative estimate of drug-likeness (QED) is 0.422. The van der Waals surface area contributed by atoms with Crippen molar-refractivity contribution in [3.63, 3.8) is 0 Å². The molecule has 2 aliphatic carbocycles. The third kappa shape index (κ3) is 5.91. The Kier molecular flexibility index (Phi) is 8.99. The maximum Gasteiger partial charge on any atom is 0.247 e. The van der Waals surface area contributed by atoms with Gasteiger partial charge < -0.3 is 29.9 Å². The van der Waals surface area contributed by atoms with Gasteiger partial charge in [-0.15, -0.1) is 0 Å². The molecular weight excluding hydrogens is 486 g/mol. The van der Waals surface area contributed by atoms with E-state index in [1.807, 2.05) is 24.3 Å². The van der Waals surface area contributed by atoms with Crippen molar-refractivity contribution in [1.82, 2.24) is 15.1 Å². The van der Waals surface area contributed by atoms with Gasteiger partial charge in [0.25, 0.3) is 0 Å². The molecule has 1 aromatic rings. The minimum atomic E-state index is -0.984. The van der Waals surface area contributed by atoms with Gasteiger partial charge >= 0.3 is 0 Å². The van der Waals surface area contributed by atoms with E-state index in [0.29, 0.717) is 50.0 Å². The predicted molar refractivity (Wildman–Crippen MR) is 142 cm³/mol. The van der Waals surface area contributed by atoms with Crippen LogP contribution in [0.3, 0.4) is 0 Å². The molecule has 4 unspecified atom stereocenters. The number of fused-ring (bicyclic) bond motifs is 3. The summed E-state index contributed by atoms with van der Waals surface area (Å²) in [5.41, 5.74) is 1.33. The molecule has 3 N–H and O–H groups in total. The molecule has 2 heterocycles. The molecule has 5 rings (SSSR count). The first-order valence-corrected chi connectivity index (χ1v) is 14.2. The Morgan fingerprint density at radius 3 is 2.66 bits per heavy atom. The Balaban J connectivity index is 1.42. The second-order valence-electron chi connectivity index (χ2n) is 10.9. The van der Waals surface area contributed by atoms with E-state index in [2.05, 4.69) is 10.2 Å². The first-order valence-electron chi connectivity index (χ1n) is 14.2. The maximum absolute atomic E-state index is 13.7. The summed E-state index contributed by atoms with van der Waals surface area (Å²) in [4.78, 5) is 31.1. The molecule has 4 atom stereocenters. The number of aliphatic hydroxyl groups is 2. The number of benzene rings is 1. The van der Waals surface area contributed by atoms with Gasteiger partial charge in [-0.25, -0.2) is 0 Å². The van der Waals surface area contributed by atoms with Gasteiger partial charge in [0.05, 0.1) is 31.8 Å². The second-order valence-corrected chi connectivity index (χ2v) is 10.9. The van der Waals surface area contributed by atoms with Crippen LogP contribution in [0.2, 0.25) is 0 Å². The van der Waals surface area contributed by atoms with E-state index in [0.717, 1.165) is 25.1 Å². The Morgan fingerprint density at radius 1 is 1.13 bits per heavy atom. The number of nitrogens with zero attached hydrogens (tertiary/aromatic N) is 2. The summed E-state index contributed by atoms with van der Waals surface area (Å²) in [5, 5.41) is 23.7. The van der Waals surface area contributed by atoms with E-state index in [1.165, 1.54) is 25.7 Å². The van der Waals surface area contributed by atoms with Crippen LogP contribution in [0.5, 0.6) is 5.75 Å². The normalized spacial score (nSPS) is 27.3. The van der Waals surface area contributed by atoms with Gasteiger partial charge in [-0.1, -0.05) is 43.9 Å². The van der Waals surface area contributed by atoms with Gasteiger partial charge in [0.1, 0.15) is 18.0 Å². The molecule has 0 radical (unpaired) electrons. The lowest BCUT2D eigenvalue weighted by atomic mass is 9.77. The first kappa shape index (κ1) is 27.1. The number of hydrogen-bond donors (Lipinski definition) is 3. The number of amides is 2. The monoisotopic (exact) mass is 527 g/mol. The Bertz CT molecular complexity index is 1000. The average molecular weight is 528 g/mol. The average Bonchev–Trinajstić information content (AvgIpc) is 3.61. The maximum atomic E-state index is 13.7. The van der Waals surface area contributed by atoms with Crippen LogP contribution < -0.4 is 10.1 Å². The number of carbonyl (C=O) groups excluding carboxylic acids is 2. The smallest absolute Gasteiger partial charge is 0.247 e. The number of aliphatic hydroxyl groups excluding tert-OH is 2. The fourth-order valence-corrected chi connectivity index (χ4v) is 6.48. The summed E-state index contributed by atoms with van der Waals surface area (Å²) >= 11 is 0. The molecule has 208 valence electrons. The first-order chi connectivity index (χ1) is 18.6. The van der Waals surface area contributed by atoms with Crippen molar-refractivity contribution in [3.05, 3.63) is 41.5 Å². The van der Waals surface area contributed by atoms with Gasteiger partial charge in [0.15, 0.2) is 0 Å². The SMILES string of the molecule is O=C(NCCO)C1=CC(N(CCN2CCOCC2)C(=O)CCC2CCCC2)C(O)C2Oc3ccccc3C12. The highest BCUT2D eigenvalue weighted by Gasteiger charge is 2.50. The largest absolute Gasteiger partial charge is 0.486 e. The Morgan fingerprint density at radius 2 is 1.89 bits per heavy atom. The van der Waals surface area contributed by atoms with Crippen molar-refractivity contribution in [2.75, 3.05) is 52.5 Å². The Labute approximate surface area is 224 Å². The van der Waals surface area contributed by atoms with Crippen LogP contribution >= 0.6 is 0 Å². The fourth-order valence-electron chi connectivity index (χ4n) is 6.48. The van der Waals surface area contributed by atoms with Crippen LogP contribution in [0.1, 0.15) is 50.0 Å².